The molecule has 134 heavy (non-hydrogen) atoms. The zero-order valence-electron chi connectivity index (χ0n) is 80.4. The van der Waals surface area contributed by atoms with Gasteiger partial charge in [-0.15, -0.1) is 0 Å². The normalized spacial score (nSPS) is 15.4. The Morgan fingerprint density at radius 3 is 1.40 bits per heavy atom. The van der Waals surface area contributed by atoms with Gasteiger partial charge in [0.25, 0.3) is 0 Å². The molecule has 10 atom stereocenters. The molecule has 45 heteroatoms. The van der Waals surface area contributed by atoms with Gasteiger partial charge in [0.2, 0.25) is 118 Å². The Labute approximate surface area is 778 Å². The molecule has 1 saturated heterocycles. The molecule has 1 aromatic heterocycles. The number of carboxylic acid groups (broad SMARTS) is 1. The van der Waals surface area contributed by atoms with Crippen LogP contribution in [0.2, 0.25) is 0 Å². The van der Waals surface area contributed by atoms with Crippen molar-refractivity contribution < 1.29 is 111 Å². The number of benzene rings is 2. The highest BCUT2D eigenvalue weighted by Gasteiger charge is 2.49. The van der Waals surface area contributed by atoms with Crippen molar-refractivity contribution in [2.24, 2.45) is 23.1 Å². The Morgan fingerprint density at radius 2 is 0.873 bits per heavy atom. The number of aromatic nitrogens is 1. The first-order valence-corrected chi connectivity index (χ1v) is 44.0. The van der Waals surface area contributed by atoms with Crippen LogP contribution in [-0.4, -0.2) is 268 Å². The molecular formula is C89H138N22O23. The number of fused-ring (bicyclic) bond motifs is 1. The smallest absolute Gasteiger partial charge is 0.326 e. The number of nitrogens with one attached hydrogen (secondary N) is 18. The molecular weight excluding hydrogens is 1750 g/mol. The molecule has 26 N–H and O–H groups in total. The summed E-state index contributed by atoms with van der Waals surface area (Å²) in [6.07, 6.45) is 0.219. The minimum atomic E-state index is -1.85. The molecule has 2 aromatic carbocycles. The monoisotopic (exact) mass is 1880 g/mol. The van der Waals surface area contributed by atoms with Crippen molar-refractivity contribution in [3.8, 4) is 0 Å². The number of likely N-dealkylation sites (tertiary alicyclic amines) is 1. The molecule has 0 bridgehead atoms. The van der Waals surface area contributed by atoms with Crippen LogP contribution in [0.15, 0.2) is 60.8 Å². The lowest BCUT2D eigenvalue weighted by Crippen LogP contribution is -2.67. The summed E-state index contributed by atoms with van der Waals surface area (Å²) in [5.74, 6) is -19.7. The SMILES string of the molecule is CC[C@@](C)(NC(=O)C(C)(C)NC(=O)[C@H](CO)NC(=O)C(C)(C)NC(=O)[C@@H](N)Cc1ccccc1)C(=O)N[C@@H](CC(C)C)C(=O)N[C@@H](CCC(N)=O)C(=O)NCC(=O)NC(C)(C)C(=O)NC(C)(C)C(=O)N[C@@H](C)C(=O)N[C@@H](C)C(=O)NC(C)(C)C(=O)N1CCC[C@H]1C(=O)NC(C)(C)C(=O)NC(C)(C)C(=O)NC(C)(C)C(=O)N[C@@H](CCC(N)=O)C(=O)N[C@@H](Cc1c[nH]c2ccccc12)C(=O)O. The topological polar surface area (TPSA) is 701 Å². The fraction of sp³-hybridized carbons (Fsp3) is 0.607. The van der Waals surface area contributed by atoms with E-state index in [1.165, 1.54) is 143 Å². The molecule has 1 aliphatic rings. The van der Waals surface area contributed by atoms with Crippen LogP contribution in [-0.2, 0) is 114 Å². The number of hydrogen-bond donors (Lipinski definition) is 23. The zero-order valence-corrected chi connectivity index (χ0v) is 80.4. The van der Waals surface area contributed by atoms with E-state index in [0.29, 0.717) is 17.4 Å². The van der Waals surface area contributed by atoms with Gasteiger partial charge in [0.05, 0.1) is 19.2 Å². The highest BCUT2D eigenvalue weighted by atomic mass is 16.4. The predicted molar refractivity (Wildman–Crippen MR) is 488 cm³/mol. The number of nitrogens with two attached hydrogens (primary N) is 3. The second kappa shape index (κ2) is 46.9. The number of aliphatic carboxylic acids is 1. The van der Waals surface area contributed by atoms with Gasteiger partial charge in [-0.25, -0.2) is 4.79 Å². The zero-order chi connectivity index (χ0) is 102. The summed E-state index contributed by atoms with van der Waals surface area (Å²) in [7, 11) is 0. The number of H-pyrrole nitrogens is 1. The van der Waals surface area contributed by atoms with Crippen molar-refractivity contribution in [3.63, 3.8) is 0 Å². The molecule has 3 aromatic rings. The van der Waals surface area contributed by atoms with Gasteiger partial charge in [0.15, 0.2) is 0 Å². The van der Waals surface area contributed by atoms with Gasteiger partial charge in [0.1, 0.15) is 98.2 Å². The van der Waals surface area contributed by atoms with E-state index in [-0.39, 0.29) is 51.0 Å². The number of para-hydroxylation sites is 1. The van der Waals surface area contributed by atoms with E-state index in [2.05, 4.69) is 95.4 Å². The van der Waals surface area contributed by atoms with E-state index in [9.17, 15) is 111 Å². The number of primary amides is 2. The molecule has 0 unspecified atom stereocenters. The first-order valence-electron chi connectivity index (χ1n) is 44.0. The second-order valence-electron chi connectivity index (χ2n) is 38.5. The molecule has 20 amide bonds. The van der Waals surface area contributed by atoms with Gasteiger partial charge in [-0.1, -0.05) is 69.3 Å². The van der Waals surface area contributed by atoms with Crippen LogP contribution in [0, 0.1) is 5.92 Å². The Bertz CT molecular complexity index is 4880. The molecule has 2 heterocycles. The molecule has 45 nitrogen and oxygen atoms in total. The summed E-state index contributed by atoms with van der Waals surface area (Å²) in [5.41, 5.74) is 2.78. The molecule has 0 spiro atoms. The van der Waals surface area contributed by atoms with E-state index < -0.39 is 261 Å². The van der Waals surface area contributed by atoms with Crippen LogP contribution >= 0.6 is 0 Å². The Hall–Kier alpha value is -13.2. The average Bonchev–Trinajstić information content (AvgIpc) is 1.44. The van der Waals surface area contributed by atoms with Gasteiger partial charge < -0.3 is 128 Å². The van der Waals surface area contributed by atoms with Gasteiger partial charge in [0, 0.05) is 42.9 Å². The molecule has 0 radical (unpaired) electrons. The number of aliphatic hydroxyl groups excluding tert-OH is 1. The summed E-state index contributed by atoms with van der Waals surface area (Å²) in [6, 6.07) is 3.31. The first kappa shape index (κ1) is 113. The van der Waals surface area contributed by atoms with Crippen molar-refractivity contribution in [3.05, 3.63) is 71.9 Å². The number of hydrogen-bond acceptors (Lipinski definition) is 23. The maximum Gasteiger partial charge on any atom is 0.326 e. The van der Waals surface area contributed by atoms with Crippen molar-refractivity contribution >= 4 is 135 Å². The highest BCUT2D eigenvalue weighted by molar-refractivity contribution is 6.05. The standard InChI is InChI=1S/C89H138N22O23/c1-23-89(22,110-78(132)86(16,17)105-69(122)58(45-112)101-73(127)81(6,7)104-65(118)52(90)41-49-30-25-24-26-31-49)79(133)100-56(40-46(2)3)68(121)97-54(35-37-60(91)113)66(119)94-44-62(115)102-84(12,13)75(129)107-82(8,9)72(126)96-47(4)63(116)95-48(5)64(117)103-88(20,21)80(134)111-39-29-34-59(111)70(123)106-85(14,15)76(130)109-87(18,19)77(131)108-83(10,11)74(128)99-55(36-38-61(92)114)67(120)98-57(71(124)125)42-50-43-93-53-33-28-27-32-51(50)53/h24-28,30-33,43,46-48,52,54-59,93,112H,23,29,34-42,44-45,90H2,1-22H3,(H2,91,113)(H2,92,114)(H,94,119)(H,95,116)(H,96,126)(H,97,121)(H,98,120)(H,99,128)(H,100,133)(H,101,127)(H,102,115)(H,103,117)(H,104,118)(H,105,122)(H,106,123)(H,107,129)(H,108,131)(H,109,130)(H,110,132)(H,124,125)/t47-,48-,52-,54-,55-,56-,57-,58-,59-,89+/m0/s1. The lowest BCUT2D eigenvalue weighted by Gasteiger charge is -2.36. The fourth-order valence-corrected chi connectivity index (χ4v) is 13.5. The third kappa shape index (κ3) is 32.9. The summed E-state index contributed by atoms with van der Waals surface area (Å²) < 4.78 is 0. The minimum absolute atomic E-state index is 0.0314. The van der Waals surface area contributed by atoms with Gasteiger partial charge in [-0.2, -0.15) is 0 Å². The van der Waals surface area contributed by atoms with Crippen LogP contribution in [0.5, 0.6) is 0 Å². The lowest BCUT2D eigenvalue weighted by molar-refractivity contribution is -0.146. The quantitative estimate of drug-likeness (QED) is 0.0256. The molecule has 742 valence electrons. The number of aromatic amines is 1. The number of aliphatic hydroxyl groups is 1. The van der Waals surface area contributed by atoms with Gasteiger partial charge >= 0.3 is 5.97 Å². The van der Waals surface area contributed by atoms with Crippen molar-refractivity contribution in [2.45, 2.75) is 321 Å². The number of carbonyl (C=O) groups excluding carboxylic acids is 20. The van der Waals surface area contributed by atoms with Crippen LogP contribution in [0.3, 0.4) is 0 Å². The van der Waals surface area contributed by atoms with E-state index in [1.807, 2.05) is 0 Å². The maximum atomic E-state index is 14.3. The number of amides is 20. The maximum absolute atomic E-state index is 14.3. The minimum Gasteiger partial charge on any atom is -0.480 e. The third-order valence-electron chi connectivity index (χ3n) is 22.4. The lowest BCUT2D eigenvalue weighted by atomic mass is 9.93. The summed E-state index contributed by atoms with van der Waals surface area (Å²) in [5, 5.41) is 63.5. The van der Waals surface area contributed by atoms with Crippen molar-refractivity contribution in [1.82, 2.24) is 100 Å². The van der Waals surface area contributed by atoms with E-state index in [1.54, 1.807) is 74.6 Å². The van der Waals surface area contributed by atoms with Gasteiger partial charge in [-0.05, 0) is 200 Å². The van der Waals surface area contributed by atoms with E-state index in [0.717, 1.165) is 11.1 Å². The number of nitrogens with zero attached hydrogens (tertiary/aromatic N) is 1. The molecule has 4 rings (SSSR count). The number of carboxylic acids is 1. The van der Waals surface area contributed by atoms with Crippen molar-refractivity contribution in [1.29, 1.82) is 0 Å². The second-order valence-corrected chi connectivity index (χ2v) is 38.5. The molecule has 0 aliphatic carbocycles. The first-order chi connectivity index (χ1) is 61.6. The molecule has 1 aliphatic heterocycles. The Morgan fingerprint density at radius 1 is 0.440 bits per heavy atom. The fourth-order valence-electron chi connectivity index (χ4n) is 13.5. The predicted octanol–water partition coefficient (Wildman–Crippen LogP) is -4.08. The average molecular weight is 1880 g/mol. The highest BCUT2D eigenvalue weighted by Crippen LogP contribution is 2.26. The summed E-state index contributed by atoms with van der Waals surface area (Å²) >= 11 is 0. The van der Waals surface area contributed by atoms with Crippen molar-refractivity contribution in [2.75, 3.05) is 19.7 Å². The third-order valence-corrected chi connectivity index (χ3v) is 22.4. The Kier molecular flexibility index (Phi) is 39.6. The summed E-state index contributed by atoms with van der Waals surface area (Å²) in [6.45, 7) is 27.9. The number of carbonyl (C=O) groups is 21. The van der Waals surface area contributed by atoms with Crippen LogP contribution in [0.25, 0.3) is 10.9 Å². The van der Waals surface area contributed by atoms with E-state index in [4.69, 9.17) is 17.2 Å². The molecule has 1 fully saturated rings. The van der Waals surface area contributed by atoms with E-state index >= 15 is 0 Å². The van der Waals surface area contributed by atoms with Crippen LogP contribution in [0.4, 0.5) is 0 Å². The largest absolute Gasteiger partial charge is 0.480 e. The van der Waals surface area contributed by atoms with Gasteiger partial charge in [-0.3, -0.25) is 95.9 Å². The Balaban J connectivity index is 1.30. The molecule has 0 saturated carbocycles. The van der Waals surface area contributed by atoms with Crippen LogP contribution < -0.4 is 108 Å². The van der Waals surface area contributed by atoms with Crippen LogP contribution in [0.1, 0.15) is 215 Å². The summed E-state index contributed by atoms with van der Waals surface area (Å²) in [4.78, 5) is 290. The number of rotatable bonds is 50.